The van der Waals surface area contributed by atoms with E-state index in [2.05, 4.69) is 23.8 Å². The second kappa shape index (κ2) is 10.5. The van der Waals surface area contributed by atoms with Gasteiger partial charge in [0.2, 0.25) is 10.0 Å². The van der Waals surface area contributed by atoms with Crippen molar-refractivity contribution in [1.82, 2.24) is 9.21 Å². The standard InChI is InChI=1S/C27H34N2O4S/c1-20-16-29(21(2)19-30)34(31,32)27-14-13-23(10-9-22-7-5-4-6-8-22)15-25(27)33-26(20)18-28(3)17-24-11-12-24/h4-8,13-15,20-21,24,26,30H,11-12,16-19H2,1-3H3/t20-,21-,26-/m1/s1. The molecule has 2 aromatic carbocycles. The lowest BCUT2D eigenvalue weighted by molar-refractivity contribution is 0.0740. The molecule has 1 N–H and O–H groups in total. The lowest BCUT2D eigenvalue weighted by Crippen LogP contribution is -2.49. The van der Waals surface area contributed by atoms with Gasteiger partial charge < -0.3 is 14.7 Å². The van der Waals surface area contributed by atoms with Gasteiger partial charge in [-0.15, -0.1) is 0 Å². The quantitative estimate of drug-likeness (QED) is 0.641. The second-order valence-corrected chi connectivity index (χ2v) is 11.5. The summed E-state index contributed by atoms with van der Waals surface area (Å²) in [5.41, 5.74) is 1.58. The maximum Gasteiger partial charge on any atom is 0.247 e. The summed E-state index contributed by atoms with van der Waals surface area (Å²) in [4.78, 5) is 2.41. The van der Waals surface area contributed by atoms with E-state index >= 15 is 0 Å². The van der Waals surface area contributed by atoms with E-state index in [1.54, 1.807) is 25.1 Å². The molecule has 4 rings (SSSR count). The van der Waals surface area contributed by atoms with Crippen LogP contribution in [0, 0.1) is 23.7 Å². The van der Waals surface area contributed by atoms with Gasteiger partial charge in [0.1, 0.15) is 16.7 Å². The molecule has 0 spiro atoms. The van der Waals surface area contributed by atoms with Crippen LogP contribution in [0.4, 0.5) is 0 Å². The Morgan fingerprint density at radius 3 is 2.50 bits per heavy atom. The molecule has 182 valence electrons. The Morgan fingerprint density at radius 2 is 1.82 bits per heavy atom. The number of benzene rings is 2. The molecule has 6 nitrogen and oxygen atoms in total. The van der Waals surface area contributed by atoms with Gasteiger partial charge >= 0.3 is 0 Å². The van der Waals surface area contributed by atoms with E-state index in [9.17, 15) is 13.5 Å². The van der Waals surface area contributed by atoms with E-state index in [-0.39, 0.29) is 23.5 Å². The van der Waals surface area contributed by atoms with Crippen LogP contribution in [0.2, 0.25) is 0 Å². The van der Waals surface area contributed by atoms with Gasteiger partial charge in [0.15, 0.2) is 0 Å². The highest BCUT2D eigenvalue weighted by Crippen LogP contribution is 2.35. The Kier molecular flexibility index (Phi) is 7.63. The van der Waals surface area contributed by atoms with Crippen LogP contribution in [0.1, 0.15) is 37.8 Å². The van der Waals surface area contributed by atoms with Crippen molar-refractivity contribution in [1.29, 1.82) is 0 Å². The molecule has 7 heteroatoms. The van der Waals surface area contributed by atoms with Crippen LogP contribution in [-0.4, -0.2) is 68.2 Å². The summed E-state index contributed by atoms with van der Waals surface area (Å²) in [5.74, 6) is 7.28. The molecule has 0 unspecified atom stereocenters. The molecular weight excluding hydrogens is 448 g/mol. The molecule has 2 aliphatic rings. The van der Waals surface area contributed by atoms with Crippen molar-refractivity contribution in [3.8, 4) is 17.6 Å². The zero-order chi connectivity index (χ0) is 24.3. The SMILES string of the molecule is C[C@@H]1CN([C@H](C)CO)S(=O)(=O)c2ccc(C#Cc3ccccc3)cc2O[C@@H]1CN(C)CC1CC1. The number of ether oxygens (including phenoxy) is 1. The van der Waals surface area contributed by atoms with E-state index in [4.69, 9.17) is 4.74 Å². The third-order valence-corrected chi connectivity index (χ3v) is 8.57. The van der Waals surface area contributed by atoms with Crippen LogP contribution in [0.25, 0.3) is 0 Å². The Hall–Kier alpha value is -2.37. The number of likely N-dealkylation sites (N-methyl/N-ethyl adjacent to an activating group) is 1. The molecule has 1 fully saturated rings. The van der Waals surface area contributed by atoms with E-state index in [0.717, 1.165) is 18.0 Å². The maximum absolute atomic E-state index is 13.6. The highest BCUT2D eigenvalue weighted by Gasteiger charge is 2.38. The summed E-state index contributed by atoms with van der Waals surface area (Å²) >= 11 is 0. The monoisotopic (exact) mass is 482 g/mol. The van der Waals surface area contributed by atoms with Crippen molar-refractivity contribution in [2.75, 3.05) is 33.3 Å². The van der Waals surface area contributed by atoms with Crippen molar-refractivity contribution >= 4 is 10.0 Å². The van der Waals surface area contributed by atoms with Gasteiger partial charge in [-0.3, -0.25) is 0 Å². The molecule has 0 aromatic heterocycles. The van der Waals surface area contributed by atoms with Crippen molar-refractivity contribution in [2.45, 2.75) is 43.7 Å². The van der Waals surface area contributed by atoms with Crippen LogP contribution in [0.3, 0.4) is 0 Å². The average molecular weight is 483 g/mol. The van der Waals surface area contributed by atoms with E-state index in [0.29, 0.717) is 24.4 Å². The molecule has 0 amide bonds. The summed E-state index contributed by atoms with van der Waals surface area (Å²) in [5, 5.41) is 9.79. The van der Waals surface area contributed by atoms with E-state index in [1.807, 2.05) is 37.3 Å². The van der Waals surface area contributed by atoms with Crippen LogP contribution < -0.4 is 4.74 Å². The number of sulfonamides is 1. The van der Waals surface area contributed by atoms with Crippen molar-refractivity contribution < 1.29 is 18.3 Å². The molecule has 3 atom stereocenters. The predicted molar refractivity (Wildman–Crippen MR) is 133 cm³/mol. The first-order chi connectivity index (χ1) is 16.3. The fraction of sp³-hybridized carbons (Fsp3) is 0.481. The van der Waals surface area contributed by atoms with Crippen LogP contribution >= 0.6 is 0 Å². The van der Waals surface area contributed by atoms with Gasteiger partial charge in [-0.05, 0) is 63.1 Å². The Morgan fingerprint density at radius 1 is 1.12 bits per heavy atom. The fourth-order valence-electron chi connectivity index (χ4n) is 4.31. The lowest BCUT2D eigenvalue weighted by Gasteiger charge is -2.37. The van der Waals surface area contributed by atoms with Crippen molar-refractivity contribution in [3.63, 3.8) is 0 Å². The predicted octanol–water partition coefficient (Wildman–Crippen LogP) is 3.20. The first-order valence-corrected chi connectivity index (χ1v) is 13.4. The van der Waals surface area contributed by atoms with Crippen LogP contribution in [-0.2, 0) is 10.0 Å². The molecule has 2 aromatic rings. The van der Waals surface area contributed by atoms with Gasteiger partial charge in [-0.1, -0.05) is 37.0 Å². The molecular formula is C27H34N2O4S. The zero-order valence-electron chi connectivity index (χ0n) is 20.1. The molecule has 34 heavy (non-hydrogen) atoms. The first kappa shape index (κ1) is 24.7. The molecule has 1 saturated carbocycles. The largest absolute Gasteiger partial charge is 0.487 e. The van der Waals surface area contributed by atoms with Gasteiger partial charge in [0.25, 0.3) is 0 Å². The van der Waals surface area contributed by atoms with Crippen LogP contribution in [0.5, 0.6) is 5.75 Å². The second-order valence-electron chi connectivity index (χ2n) is 9.68. The smallest absolute Gasteiger partial charge is 0.247 e. The highest BCUT2D eigenvalue weighted by molar-refractivity contribution is 7.89. The van der Waals surface area contributed by atoms with Crippen molar-refractivity contribution in [2.24, 2.45) is 11.8 Å². The first-order valence-electron chi connectivity index (χ1n) is 12.0. The Labute approximate surface area is 203 Å². The van der Waals surface area contributed by atoms with Gasteiger partial charge in [0, 0.05) is 42.7 Å². The molecule has 1 aliphatic heterocycles. The average Bonchev–Trinajstić information content (AvgIpc) is 3.64. The van der Waals surface area contributed by atoms with Gasteiger partial charge in [-0.25, -0.2) is 8.42 Å². The lowest BCUT2D eigenvalue weighted by atomic mass is 10.0. The van der Waals surface area contributed by atoms with E-state index in [1.165, 1.54) is 17.1 Å². The number of aliphatic hydroxyl groups excluding tert-OH is 1. The summed E-state index contributed by atoms with van der Waals surface area (Å²) < 4.78 is 35.0. The number of nitrogens with zero attached hydrogens (tertiary/aromatic N) is 2. The minimum absolute atomic E-state index is 0.0577. The van der Waals surface area contributed by atoms with Gasteiger partial charge in [-0.2, -0.15) is 4.31 Å². The topological polar surface area (TPSA) is 70.1 Å². The third kappa shape index (κ3) is 5.81. The molecule has 0 bridgehead atoms. The minimum atomic E-state index is -3.85. The Balaban J connectivity index is 1.71. The molecule has 1 heterocycles. The number of hydrogen-bond acceptors (Lipinski definition) is 5. The number of aliphatic hydroxyl groups is 1. The summed E-state index contributed by atoms with van der Waals surface area (Å²) in [7, 11) is -1.75. The molecule has 0 saturated heterocycles. The fourth-order valence-corrected chi connectivity index (χ4v) is 6.14. The van der Waals surface area contributed by atoms with E-state index < -0.39 is 16.1 Å². The zero-order valence-corrected chi connectivity index (χ0v) is 21.0. The van der Waals surface area contributed by atoms with Crippen LogP contribution in [0.15, 0.2) is 53.4 Å². The maximum atomic E-state index is 13.6. The summed E-state index contributed by atoms with van der Waals surface area (Å²) in [6.07, 6.45) is 2.36. The third-order valence-electron chi connectivity index (χ3n) is 6.55. The summed E-state index contributed by atoms with van der Waals surface area (Å²) in [6, 6.07) is 14.2. The Bertz CT molecular complexity index is 1150. The minimum Gasteiger partial charge on any atom is -0.487 e. The number of hydrogen-bond donors (Lipinski definition) is 1. The molecule has 1 aliphatic carbocycles. The molecule has 0 radical (unpaired) electrons. The highest BCUT2D eigenvalue weighted by atomic mass is 32.2. The number of fused-ring (bicyclic) bond motifs is 1. The normalized spacial score (nSPS) is 23.1. The number of rotatable bonds is 6. The summed E-state index contributed by atoms with van der Waals surface area (Å²) in [6.45, 7) is 5.54. The van der Waals surface area contributed by atoms with Crippen molar-refractivity contribution in [3.05, 3.63) is 59.7 Å². The van der Waals surface area contributed by atoms with Gasteiger partial charge in [0.05, 0.1) is 6.61 Å².